The minimum atomic E-state index is -0.572. The average molecular weight is 297 g/mol. The van der Waals surface area contributed by atoms with Crippen LogP contribution in [0.15, 0.2) is 42.5 Å². The lowest BCUT2D eigenvalue weighted by Crippen LogP contribution is -2.23. The average Bonchev–Trinajstić information content (AvgIpc) is 2.82. The molecule has 2 unspecified atom stereocenters. The topological polar surface area (TPSA) is 29.5 Å². The van der Waals surface area contributed by atoms with Crippen LogP contribution < -0.4 is 0 Å². The molecule has 1 heterocycles. The van der Waals surface area contributed by atoms with Gasteiger partial charge in [0.2, 0.25) is 0 Å². The van der Waals surface area contributed by atoms with E-state index in [0.29, 0.717) is 13.0 Å². The van der Waals surface area contributed by atoms with Crippen molar-refractivity contribution in [2.24, 2.45) is 0 Å². The molecule has 0 fully saturated rings. The molecule has 102 valence electrons. The van der Waals surface area contributed by atoms with Gasteiger partial charge < -0.3 is 9.84 Å². The predicted molar refractivity (Wildman–Crippen MR) is 79.8 cm³/mol. The van der Waals surface area contributed by atoms with Gasteiger partial charge in [0.25, 0.3) is 0 Å². The van der Waals surface area contributed by atoms with Gasteiger partial charge in [0, 0.05) is 17.9 Å². The highest BCUT2D eigenvalue weighted by Crippen LogP contribution is 2.27. The second-order valence-electron chi connectivity index (χ2n) is 4.26. The molecule has 2 atom stereocenters. The zero-order valence-electron chi connectivity index (χ0n) is 10.8. The molecule has 1 aromatic heterocycles. The lowest BCUT2D eigenvalue weighted by molar-refractivity contribution is -0.0336. The van der Waals surface area contributed by atoms with Crippen LogP contribution in [-0.2, 0) is 11.2 Å². The molecular weight excluding hydrogens is 280 g/mol. The van der Waals surface area contributed by atoms with Crippen molar-refractivity contribution in [2.75, 3.05) is 6.61 Å². The Bertz CT molecular complexity index is 498. The van der Waals surface area contributed by atoms with Crippen LogP contribution in [0.2, 0.25) is 4.34 Å². The Balaban J connectivity index is 2.10. The Morgan fingerprint density at radius 2 is 1.95 bits per heavy atom. The van der Waals surface area contributed by atoms with Crippen molar-refractivity contribution in [3.05, 3.63) is 57.2 Å². The van der Waals surface area contributed by atoms with Crippen molar-refractivity contribution in [3.8, 4) is 0 Å². The standard InChI is InChI=1S/C15H17ClO2S/c1-2-18-15(11-6-4-3-5-7-11)13(17)10-12-8-9-14(16)19-12/h3-9,13,15,17H,2,10H2,1H3. The van der Waals surface area contributed by atoms with Crippen molar-refractivity contribution in [1.82, 2.24) is 0 Å². The number of thiophene rings is 1. The monoisotopic (exact) mass is 296 g/mol. The first-order valence-corrected chi connectivity index (χ1v) is 7.49. The number of aliphatic hydroxyl groups is 1. The number of hydrogen-bond acceptors (Lipinski definition) is 3. The van der Waals surface area contributed by atoms with Gasteiger partial charge in [-0.25, -0.2) is 0 Å². The normalized spacial score (nSPS) is 14.3. The Morgan fingerprint density at radius 1 is 1.21 bits per heavy atom. The molecule has 0 saturated heterocycles. The Hall–Kier alpha value is -0.870. The molecule has 0 radical (unpaired) electrons. The van der Waals surface area contributed by atoms with Crippen molar-refractivity contribution in [1.29, 1.82) is 0 Å². The van der Waals surface area contributed by atoms with Crippen LogP contribution in [0.3, 0.4) is 0 Å². The predicted octanol–water partition coefficient (Wildman–Crippen LogP) is 4.08. The Kier molecular flexibility index (Phi) is 5.40. The third kappa shape index (κ3) is 4.05. The van der Waals surface area contributed by atoms with Crippen LogP contribution in [0.4, 0.5) is 0 Å². The fraction of sp³-hybridized carbons (Fsp3) is 0.333. The molecule has 19 heavy (non-hydrogen) atoms. The van der Waals surface area contributed by atoms with Gasteiger partial charge in [-0.15, -0.1) is 11.3 Å². The number of rotatable bonds is 6. The minimum Gasteiger partial charge on any atom is -0.390 e. The Labute approximate surface area is 122 Å². The van der Waals surface area contributed by atoms with E-state index in [2.05, 4.69) is 0 Å². The summed E-state index contributed by atoms with van der Waals surface area (Å²) in [5.41, 5.74) is 1.000. The maximum atomic E-state index is 10.4. The second kappa shape index (κ2) is 7.06. The van der Waals surface area contributed by atoms with E-state index in [1.807, 2.05) is 49.4 Å². The smallest absolute Gasteiger partial charge is 0.109 e. The maximum Gasteiger partial charge on any atom is 0.109 e. The molecule has 0 spiro atoms. The number of ether oxygens (including phenoxy) is 1. The van der Waals surface area contributed by atoms with E-state index in [1.165, 1.54) is 11.3 Å². The second-order valence-corrected chi connectivity index (χ2v) is 6.06. The van der Waals surface area contributed by atoms with Gasteiger partial charge in [-0.2, -0.15) is 0 Å². The van der Waals surface area contributed by atoms with Crippen molar-refractivity contribution in [3.63, 3.8) is 0 Å². The van der Waals surface area contributed by atoms with Crippen LogP contribution in [0.5, 0.6) is 0 Å². The first-order valence-electron chi connectivity index (χ1n) is 6.29. The summed E-state index contributed by atoms with van der Waals surface area (Å²) >= 11 is 7.40. The third-order valence-electron chi connectivity index (χ3n) is 2.86. The van der Waals surface area contributed by atoms with Crippen LogP contribution in [-0.4, -0.2) is 17.8 Å². The van der Waals surface area contributed by atoms with Crippen LogP contribution in [0.1, 0.15) is 23.5 Å². The lowest BCUT2D eigenvalue weighted by atomic mass is 10.0. The molecule has 2 nitrogen and oxygen atoms in total. The number of hydrogen-bond donors (Lipinski definition) is 1. The largest absolute Gasteiger partial charge is 0.390 e. The molecular formula is C15H17ClO2S. The number of halogens is 1. The van der Waals surface area contributed by atoms with Crippen molar-refractivity contribution >= 4 is 22.9 Å². The summed E-state index contributed by atoms with van der Waals surface area (Å²) in [6.45, 7) is 2.51. The van der Waals surface area contributed by atoms with Crippen molar-refractivity contribution < 1.29 is 9.84 Å². The highest BCUT2D eigenvalue weighted by atomic mass is 35.5. The SMILES string of the molecule is CCOC(c1ccccc1)C(O)Cc1ccc(Cl)s1. The summed E-state index contributed by atoms with van der Waals surface area (Å²) in [6.07, 6.45) is -0.319. The van der Waals surface area contributed by atoms with Gasteiger partial charge >= 0.3 is 0 Å². The lowest BCUT2D eigenvalue weighted by Gasteiger charge is -2.23. The summed E-state index contributed by atoms with van der Waals surface area (Å²) in [5, 5.41) is 10.4. The molecule has 0 amide bonds. The molecule has 0 aliphatic rings. The highest BCUT2D eigenvalue weighted by molar-refractivity contribution is 7.16. The van der Waals surface area contributed by atoms with E-state index in [4.69, 9.17) is 16.3 Å². The molecule has 4 heteroatoms. The van der Waals surface area contributed by atoms with E-state index in [0.717, 1.165) is 14.8 Å². The van der Waals surface area contributed by atoms with Gasteiger partial charge in [-0.3, -0.25) is 0 Å². The summed E-state index contributed by atoms with van der Waals surface area (Å²) in [7, 11) is 0. The van der Waals surface area contributed by atoms with Gasteiger partial charge in [0.05, 0.1) is 10.4 Å². The molecule has 2 rings (SSSR count). The molecule has 1 aromatic carbocycles. The summed E-state index contributed by atoms with van der Waals surface area (Å²) in [5.74, 6) is 0. The quantitative estimate of drug-likeness (QED) is 0.870. The van der Waals surface area contributed by atoms with E-state index < -0.39 is 6.10 Å². The van der Waals surface area contributed by atoms with E-state index in [1.54, 1.807) is 0 Å². The molecule has 0 aliphatic carbocycles. The number of aliphatic hydroxyl groups excluding tert-OH is 1. The van der Waals surface area contributed by atoms with Gasteiger partial charge in [0.1, 0.15) is 6.10 Å². The first kappa shape index (κ1) is 14.5. The zero-order chi connectivity index (χ0) is 13.7. The summed E-state index contributed by atoms with van der Waals surface area (Å²) < 4.78 is 6.44. The molecule has 0 aliphatic heterocycles. The van der Waals surface area contributed by atoms with Crippen LogP contribution in [0, 0.1) is 0 Å². The third-order valence-corrected chi connectivity index (χ3v) is 4.12. The zero-order valence-corrected chi connectivity index (χ0v) is 12.3. The van der Waals surface area contributed by atoms with Crippen LogP contribution in [0.25, 0.3) is 0 Å². The van der Waals surface area contributed by atoms with E-state index >= 15 is 0 Å². The molecule has 1 N–H and O–H groups in total. The van der Waals surface area contributed by atoms with Gasteiger partial charge in [-0.05, 0) is 24.6 Å². The van der Waals surface area contributed by atoms with Gasteiger partial charge in [-0.1, -0.05) is 41.9 Å². The molecule has 2 aromatic rings. The van der Waals surface area contributed by atoms with Crippen molar-refractivity contribution in [2.45, 2.75) is 25.6 Å². The first-order chi connectivity index (χ1) is 9.20. The molecule has 0 saturated carbocycles. The minimum absolute atomic E-state index is 0.299. The summed E-state index contributed by atoms with van der Waals surface area (Å²) in [4.78, 5) is 1.07. The van der Waals surface area contributed by atoms with Crippen LogP contribution >= 0.6 is 22.9 Å². The highest BCUT2D eigenvalue weighted by Gasteiger charge is 2.22. The molecule has 0 bridgehead atoms. The van der Waals surface area contributed by atoms with E-state index in [9.17, 15) is 5.11 Å². The fourth-order valence-electron chi connectivity index (χ4n) is 2.03. The Morgan fingerprint density at radius 3 is 2.53 bits per heavy atom. The van der Waals surface area contributed by atoms with Gasteiger partial charge in [0.15, 0.2) is 0 Å². The maximum absolute atomic E-state index is 10.4. The number of benzene rings is 1. The van der Waals surface area contributed by atoms with E-state index in [-0.39, 0.29) is 6.10 Å². The fourth-order valence-corrected chi connectivity index (χ4v) is 3.16. The summed E-state index contributed by atoms with van der Waals surface area (Å²) in [6, 6.07) is 13.6.